The Labute approximate surface area is 156 Å². The average molecular weight is 381 g/mol. The van der Waals surface area contributed by atoms with Gasteiger partial charge in [-0.1, -0.05) is 11.6 Å². The van der Waals surface area contributed by atoms with Gasteiger partial charge in [-0.05, 0) is 25.3 Å². The van der Waals surface area contributed by atoms with Crippen molar-refractivity contribution in [2.75, 3.05) is 31.2 Å². The van der Waals surface area contributed by atoms with E-state index in [0.717, 1.165) is 42.9 Å². The third kappa shape index (κ3) is 3.56. The van der Waals surface area contributed by atoms with Crippen LogP contribution in [0.5, 0.6) is 0 Å². The number of anilines is 1. The largest absolute Gasteiger partial charge is 0.388 e. The monoisotopic (exact) mass is 380 g/mol. The van der Waals surface area contributed by atoms with Crippen LogP contribution in [0.25, 0.3) is 11.1 Å². The van der Waals surface area contributed by atoms with Crippen LogP contribution in [0.4, 0.5) is 10.1 Å². The first-order chi connectivity index (χ1) is 12.6. The van der Waals surface area contributed by atoms with Crippen molar-refractivity contribution in [3.05, 3.63) is 29.8 Å². The summed E-state index contributed by atoms with van der Waals surface area (Å²) in [7, 11) is 0. The quantitative estimate of drug-likeness (QED) is 0.829. The first-order valence-electron chi connectivity index (χ1n) is 8.96. The second kappa shape index (κ2) is 7.50. The molecular weight excluding hydrogens is 359 g/mol. The van der Waals surface area contributed by atoms with Gasteiger partial charge in [-0.2, -0.15) is 5.10 Å². The number of aliphatic hydroxyl groups is 1. The van der Waals surface area contributed by atoms with Gasteiger partial charge in [0.05, 0.1) is 12.2 Å². The topological polar surface area (TPSA) is 63.4 Å². The molecule has 2 saturated heterocycles. The fraction of sp³-hybridized carbons (Fsp3) is 0.556. The number of hydrogen-bond acceptors (Lipinski definition) is 5. The number of β-amino-alcohol motifs (C(OH)–C–C–N with tert-alkyl or cyclic N) is 1. The highest BCUT2D eigenvalue weighted by molar-refractivity contribution is 6.29. The second-order valence-corrected chi connectivity index (χ2v) is 7.28. The lowest BCUT2D eigenvalue weighted by Gasteiger charge is -2.35. The lowest BCUT2D eigenvalue weighted by Crippen LogP contribution is -2.45. The van der Waals surface area contributed by atoms with Gasteiger partial charge in [0.25, 0.3) is 0 Å². The molecule has 0 radical (unpaired) electrons. The molecule has 4 rings (SSSR count). The van der Waals surface area contributed by atoms with E-state index in [2.05, 4.69) is 10.1 Å². The zero-order valence-corrected chi connectivity index (χ0v) is 15.1. The summed E-state index contributed by atoms with van der Waals surface area (Å²) in [6.07, 6.45) is 5.58. The van der Waals surface area contributed by atoms with Crippen LogP contribution in [0.3, 0.4) is 0 Å². The molecule has 140 valence electrons. The molecule has 2 aromatic rings. The summed E-state index contributed by atoms with van der Waals surface area (Å²) in [6, 6.07) is 2.11. The number of ether oxygens (including phenoxy) is 1. The van der Waals surface area contributed by atoms with Crippen LogP contribution in [-0.2, 0) is 4.74 Å². The number of rotatable bonds is 3. The minimum atomic E-state index is -1.18. The maximum atomic E-state index is 13.6. The number of hydrogen-bond donors (Lipinski definition) is 1. The minimum Gasteiger partial charge on any atom is -0.388 e. The molecule has 0 aromatic carbocycles. The number of halogens is 2. The highest BCUT2D eigenvalue weighted by atomic mass is 35.5. The summed E-state index contributed by atoms with van der Waals surface area (Å²) < 4.78 is 21.0. The summed E-state index contributed by atoms with van der Waals surface area (Å²) in [5.41, 5.74) is 2.67. The second-order valence-electron chi connectivity index (χ2n) is 6.89. The molecule has 2 aliphatic heterocycles. The Hall–Kier alpha value is -1.70. The van der Waals surface area contributed by atoms with Crippen LogP contribution in [-0.4, -0.2) is 58.4 Å². The fourth-order valence-corrected chi connectivity index (χ4v) is 3.80. The highest BCUT2D eigenvalue weighted by Crippen LogP contribution is 2.34. The average Bonchev–Trinajstić information content (AvgIpc) is 3.14. The van der Waals surface area contributed by atoms with Gasteiger partial charge < -0.3 is 14.7 Å². The van der Waals surface area contributed by atoms with Crippen LogP contribution in [0.2, 0.25) is 5.15 Å². The summed E-state index contributed by atoms with van der Waals surface area (Å²) >= 11 is 6.11. The molecule has 2 aliphatic rings. The van der Waals surface area contributed by atoms with E-state index in [-0.39, 0.29) is 6.54 Å². The van der Waals surface area contributed by atoms with Crippen molar-refractivity contribution in [2.24, 2.45) is 0 Å². The maximum absolute atomic E-state index is 13.6. The number of alkyl halides is 1. The van der Waals surface area contributed by atoms with E-state index < -0.39 is 12.3 Å². The molecular formula is C18H22ClFN4O2. The molecule has 4 heterocycles. The van der Waals surface area contributed by atoms with Gasteiger partial charge in [0, 0.05) is 55.5 Å². The Morgan fingerprint density at radius 3 is 2.81 bits per heavy atom. The molecule has 0 saturated carbocycles. The number of aliphatic hydroxyl groups excluding tert-OH is 1. The normalized spacial score (nSPS) is 24.8. The zero-order chi connectivity index (χ0) is 18.1. The van der Waals surface area contributed by atoms with Crippen molar-refractivity contribution in [3.8, 4) is 11.1 Å². The predicted octanol–water partition coefficient (Wildman–Crippen LogP) is 2.86. The van der Waals surface area contributed by atoms with Crippen LogP contribution >= 0.6 is 11.6 Å². The first-order valence-corrected chi connectivity index (χ1v) is 9.34. The molecule has 0 unspecified atom stereocenters. The first kappa shape index (κ1) is 17.7. The molecule has 0 aliphatic carbocycles. The van der Waals surface area contributed by atoms with Crippen LogP contribution in [0.1, 0.15) is 25.3 Å². The Morgan fingerprint density at radius 1 is 1.23 bits per heavy atom. The minimum absolute atomic E-state index is 0.239. The standard InChI is InChI=1S/C18H22ClFN4O2/c19-18-7-16(23-4-1-15(20)17(25)11-23)14(9-21-18)12-8-22-24(10-12)13-2-5-26-6-3-13/h7-10,13,15,17,25H,1-6,11H2/t15-,17-/m1/s1. The lowest BCUT2D eigenvalue weighted by molar-refractivity contribution is 0.0645. The molecule has 0 spiro atoms. The summed E-state index contributed by atoms with van der Waals surface area (Å²) in [4.78, 5) is 6.18. The lowest BCUT2D eigenvalue weighted by atomic mass is 10.0. The van der Waals surface area contributed by atoms with Crippen LogP contribution in [0, 0.1) is 0 Å². The number of pyridine rings is 1. The molecule has 8 heteroatoms. The number of nitrogens with zero attached hydrogens (tertiary/aromatic N) is 4. The van der Waals surface area contributed by atoms with Crippen LogP contribution < -0.4 is 4.90 Å². The Balaban J connectivity index is 1.63. The van der Waals surface area contributed by atoms with E-state index in [0.29, 0.717) is 24.2 Å². The van der Waals surface area contributed by atoms with E-state index in [4.69, 9.17) is 16.3 Å². The van der Waals surface area contributed by atoms with Crippen molar-refractivity contribution < 1.29 is 14.2 Å². The van der Waals surface area contributed by atoms with Crippen molar-refractivity contribution in [1.82, 2.24) is 14.8 Å². The smallest absolute Gasteiger partial charge is 0.131 e. The van der Waals surface area contributed by atoms with Gasteiger partial charge in [-0.15, -0.1) is 0 Å². The Bertz CT molecular complexity index is 765. The summed E-state index contributed by atoms with van der Waals surface area (Å²) in [6.45, 7) is 2.27. The zero-order valence-electron chi connectivity index (χ0n) is 14.4. The number of piperidine rings is 1. The molecule has 2 atom stereocenters. The fourth-order valence-electron chi connectivity index (χ4n) is 3.65. The van der Waals surface area contributed by atoms with Crippen molar-refractivity contribution in [1.29, 1.82) is 0 Å². The highest BCUT2D eigenvalue weighted by Gasteiger charge is 2.29. The SMILES string of the molecule is O[C@@H]1CN(c2cc(Cl)ncc2-c2cnn(C3CCOCC3)c2)CC[C@H]1F. The van der Waals surface area contributed by atoms with Gasteiger partial charge in [-0.3, -0.25) is 4.68 Å². The molecule has 0 amide bonds. The van der Waals surface area contributed by atoms with Crippen molar-refractivity contribution in [3.63, 3.8) is 0 Å². The summed E-state index contributed by atoms with van der Waals surface area (Å²) in [5, 5.41) is 14.8. The Kier molecular flexibility index (Phi) is 5.11. The van der Waals surface area contributed by atoms with Gasteiger partial charge in [0.1, 0.15) is 17.4 Å². The van der Waals surface area contributed by atoms with Gasteiger partial charge >= 0.3 is 0 Å². The maximum Gasteiger partial charge on any atom is 0.131 e. The third-order valence-electron chi connectivity index (χ3n) is 5.17. The van der Waals surface area contributed by atoms with E-state index >= 15 is 0 Å². The van der Waals surface area contributed by atoms with E-state index in [1.165, 1.54) is 0 Å². The van der Waals surface area contributed by atoms with Gasteiger partial charge in [0.15, 0.2) is 0 Å². The van der Waals surface area contributed by atoms with Crippen molar-refractivity contribution >= 4 is 17.3 Å². The summed E-state index contributed by atoms with van der Waals surface area (Å²) in [5.74, 6) is 0. The Morgan fingerprint density at radius 2 is 2.04 bits per heavy atom. The van der Waals surface area contributed by atoms with Crippen LogP contribution in [0.15, 0.2) is 24.7 Å². The molecule has 26 heavy (non-hydrogen) atoms. The third-order valence-corrected chi connectivity index (χ3v) is 5.37. The van der Waals surface area contributed by atoms with E-state index in [1.807, 2.05) is 22.0 Å². The van der Waals surface area contributed by atoms with Crippen molar-refractivity contribution in [2.45, 2.75) is 37.6 Å². The van der Waals surface area contributed by atoms with Gasteiger partial charge in [-0.25, -0.2) is 9.37 Å². The molecule has 2 fully saturated rings. The molecule has 2 aromatic heterocycles. The predicted molar refractivity (Wildman–Crippen MR) is 97.3 cm³/mol. The molecule has 6 nitrogen and oxygen atoms in total. The molecule has 1 N–H and O–H groups in total. The van der Waals surface area contributed by atoms with E-state index in [9.17, 15) is 9.50 Å². The number of aromatic nitrogens is 3. The van der Waals surface area contributed by atoms with Gasteiger partial charge in [0.2, 0.25) is 0 Å². The van der Waals surface area contributed by atoms with E-state index in [1.54, 1.807) is 12.3 Å². The molecule has 0 bridgehead atoms.